The SMILES string of the molecule is N=C(c1cc(-c2cccnc2)ncc1N)C1CCCC1. The first kappa shape index (κ1) is 12.8. The van der Waals surface area contributed by atoms with Crippen molar-refractivity contribution in [2.75, 3.05) is 5.73 Å². The molecule has 0 amide bonds. The van der Waals surface area contributed by atoms with E-state index in [0.29, 0.717) is 17.3 Å². The summed E-state index contributed by atoms with van der Waals surface area (Å²) in [5, 5.41) is 8.40. The van der Waals surface area contributed by atoms with Gasteiger partial charge in [0.15, 0.2) is 0 Å². The Bertz CT molecular complexity index is 616. The first-order valence-electron chi connectivity index (χ1n) is 7.00. The number of pyridine rings is 2. The smallest absolute Gasteiger partial charge is 0.0725 e. The van der Waals surface area contributed by atoms with E-state index in [0.717, 1.165) is 29.7 Å². The molecule has 2 aromatic rings. The summed E-state index contributed by atoms with van der Waals surface area (Å²) in [7, 11) is 0. The zero-order valence-corrected chi connectivity index (χ0v) is 11.3. The van der Waals surface area contributed by atoms with Gasteiger partial charge in [0.2, 0.25) is 0 Å². The Morgan fingerprint density at radius 2 is 2.05 bits per heavy atom. The molecule has 4 nitrogen and oxygen atoms in total. The Hall–Kier alpha value is -2.23. The predicted octanol–water partition coefficient (Wildman–Crippen LogP) is 3.28. The highest BCUT2D eigenvalue weighted by Gasteiger charge is 2.22. The normalized spacial score (nSPS) is 15.4. The van der Waals surface area contributed by atoms with Crippen LogP contribution in [0.15, 0.2) is 36.8 Å². The molecule has 1 saturated carbocycles. The van der Waals surface area contributed by atoms with Crippen LogP contribution in [0.25, 0.3) is 11.3 Å². The first-order chi connectivity index (χ1) is 9.75. The van der Waals surface area contributed by atoms with Gasteiger partial charge < -0.3 is 11.1 Å². The van der Waals surface area contributed by atoms with Gasteiger partial charge in [-0.2, -0.15) is 0 Å². The molecule has 0 aliphatic heterocycles. The zero-order chi connectivity index (χ0) is 13.9. The van der Waals surface area contributed by atoms with Crippen LogP contribution in [0.1, 0.15) is 31.2 Å². The van der Waals surface area contributed by atoms with E-state index in [4.69, 9.17) is 11.1 Å². The van der Waals surface area contributed by atoms with Crippen molar-refractivity contribution in [1.82, 2.24) is 9.97 Å². The van der Waals surface area contributed by atoms with Gasteiger partial charge >= 0.3 is 0 Å². The maximum absolute atomic E-state index is 8.40. The molecule has 1 fully saturated rings. The molecule has 20 heavy (non-hydrogen) atoms. The highest BCUT2D eigenvalue weighted by Crippen LogP contribution is 2.30. The molecule has 3 N–H and O–H groups in total. The number of nitrogens with zero attached hydrogens (tertiary/aromatic N) is 2. The molecule has 0 atom stereocenters. The minimum atomic E-state index is 0.349. The molecule has 0 unspecified atom stereocenters. The van der Waals surface area contributed by atoms with Gasteiger partial charge in [-0.05, 0) is 31.0 Å². The molecule has 0 bridgehead atoms. The lowest BCUT2D eigenvalue weighted by atomic mass is 9.94. The van der Waals surface area contributed by atoms with E-state index in [-0.39, 0.29) is 0 Å². The summed E-state index contributed by atoms with van der Waals surface area (Å²) in [6, 6.07) is 5.77. The minimum absolute atomic E-state index is 0.349. The fourth-order valence-corrected chi connectivity index (χ4v) is 2.81. The maximum Gasteiger partial charge on any atom is 0.0725 e. The van der Waals surface area contributed by atoms with Gasteiger partial charge in [-0.3, -0.25) is 9.97 Å². The number of rotatable bonds is 3. The van der Waals surface area contributed by atoms with E-state index in [1.165, 1.54) is 12.8 Å². The molecule has 0 aromatic carbocycles. The van der Waals surface area contributed by atoms with Crippen molar-refractivity contribution in [3.05, 3.63) is 42.4 Å². The summed E-state index contributed by atoms with van der Waals surface area (Å²) >= 11 is 0. The lowest BCUT2D eigenvalue weighted by Crippen LogP contribution is -2.13. The van der Waals surface area contributed by atoms with E-state index in [9.17, 15) is 0 Å². The average Bonchev–Trinajstić information content (AvgIpc) is 3.02. The maximum atomic E-state index is 8.40. The van der Waals surface area contributed by atoms with E-state index in [1.807, 2.05) is 18.2 Å². The highest BCUT2D eigenvalue weighted by molar-refractivity contribution is 6.04. The van der Waals surface area contributed by atoms with Gasteiger partial charge in [-0.25, -0.2) is 0 Å². The molecule has 0 radical (unpaired) electrons. The monoisotopic (exact) mass is 266 g/mol. The molecular formula is C16H18N4. The number of nitrogens with two attached hydrogens (primary N) is 1. The van der Waals surface area contributed by atoms with Gasteiger partial charge in [0.25, 0.3) is 0 Å². The Morgan fingerprint density at radius 3 is 2.75 bits per heavy atom. The number of hydrogen-bond donors (Lipinski definition) is 2. The van der Waals surface area contributed by atoms with Gasteiger partial charge in [0.05, 0.1) is 17.6 Å². The van der Waals surface area contributed by atoms with E-state index >= 15 is 0 Å². The number of anilines is 1. The summed E-state index contributed by atoms with van der Waals surface area (Å²) < 4.78 is 0. The average molecular weight is 266 g/mol. The van der Waals surface area contributed by atoms with Crippen molar-refractivity contribution in [2.24, 2.45) is 5.92 Å². The molecule has 102 valence electrons. The second-order valence-electron chi connectivity index (χ2n) is 5.29. The minimum Gasteiger partial charge on any atom is -0.397 e. The van der Waals surface area contributed by atoms with Gasteiger partial charge in [-0.1, -0.05) is 12.8 Å². The number of nitrogens with one attached hydrogen (secondary N) is 1. The molecule has 4 heteroatoms. The van der Waals surface area contributed by atoms with Crippen molar-refractivity contribution >= 4 is 11.4 Å². The Morgan fingerprint density at radius 1 is 1.25 bits per heavy atom. The van der Waals surface area contributed by atoms with Crippen LogP contribution in [-0.4, -0.2) is 15.7 Å². The van der Waals surface area contributed by atoms with Gasteiger partial charge in [0.1, 0.15) is 0 Å². The van der Waals surface area contributed by atoms with Crippen LogP contribution in [0.3, 0.4) is 0 Å². The van der Waals surface area contributed by atoms with Crippen molar-refractivity contribution < 1.29 is 0 Å². The van der Waals surface area contributed by atoms with E-state index in [1.54, 1.807) is 18.6 Å². The summed E-state index contributed by atoms with van der Waals surface area (Å²) in [6.07, 6.45) is 9.80. The van der Waals surface area contributed by atoms with Crippen LogP contribution in [0.5, 0.6) is 0 Å². The quantitative estimate of drug-likeness (QED) is 0.837. The zero-order valence-electron chi connectivity index (χ0n) is 11.3. The lowest BCUT2D eigenvalue weighted by molar-refractivity contribution is 0.725. The Kier molecular flexibility index (Phi) is 3.46. The Labute approximate surface area is 118 Å². The van der Waals surface area contributed by atoms with Crippen LogP contribution < -0.4 is 5.73 Å². The van der Waals surface area contributed by atoms with Gasteiger partial charge in [0, 0.05) is 35.2 Å². The third kappa shape index (κ3) is 2.41. The van der Waals surface area contributed by atoms with Crippen LogP contribution in [0.2, 0.25) is 0 Å². The van der Waals surface area contributed by atoms with Crippen LogP contribution >= 0.6 is 0 Å². The number of hydrogen-bond acceptors (Lipinski definition) is 4. The third-order valence-corrected chi connectivity index (χ3v) is 3.95. The molecule has 0 saturated heterocycles. The summed E-state index contributed by atoms with van der Waals surface area (Å²) in [4.78, 5) is 8.47. The van der Waals surface area contributed by atoms with Crippen molar-refractivity contribution in [3.8, 4) is 11.3 Å². The fraction of sp³-hybridized carbons (Fsp3) is 0.312. The van der Waals surface area contributed by atoms with Crippen molar-refractivity contribution in [3.63, 3.8) is 0 Å². The summed E-state index contributed by atoms with van der Waals surface area (Å²) in [5.74, 6) is 0.349. The van der Waals surface area contributed by atoms with Crippen molar-refractivity contribution in [1.29, 1.82) is 5.41 Å². The molecule has 1 aliphatic carbocycles. The molecule has 3 rings (SSSR count). The first-order valence-corrected chi connectivity index (χ1v) is 7.00. The summed E-state index contributed by atoms with van der Waals surface area (Å²) in [6.45, 7) is 0. The highest BCUT2D eigenvalue weighted by atomic mass is 14.7. The van der Waals surface area contributed by atoms with Crippen LogP contribution in [-0.2, 0) is 0 Å². The fourth-order valence-electron chi connectivity index (χ4n) is 2.81. The molecule has 1 aliphatic rings. The predicted molar refractivity (Wildman–Crippen MR) is 80.7 cm³/mol. The van der Waals surface area contributed by atoms with E-state index in [2.05, 4.69) is 9.97 Å². The van der Waals surface area contributed by atoms with Crippen LogP contribution in [0, 0.1) is 11.3 Å². The molecule has 2 aromatic heterocycles. The Balaban J connectivity index is 1.96. The van der Waals surface area contributed by atoms with E-state index < -0.39 is 0 Å². The molecule has 2 heterocycles. The molecule has 0 spiro atoms. The number of aromatic nitrogens is 2. The van der Waals surface area contributed by atoms with Crippen molar-refractivity contribution in [2.45, 2.75) is 25.7 Å². The standard InChI is InChI=1S/C16H18N4/c17-14-10-20-15(12-6-3-7-19-9-12)8-13(14)16(18)11-4-1-2-5-11/h3,6-11,18H,1-2,4-5,17H2. The molecular weight excluding hydrogens is 248 g/mol. The topological polar surface area (TPSA) is 75.7 Å². The number of nitrogen functional groups attached to an aromatic ring is 1. The summed E-state index contributed by atoms with van der Waals surface area (Å²) in [5.41, 5.74) is 9.87. The second-order valence-corrected chi connectivity index (χ2v) is 5.29. The second kappa shape index (κ2) is 5.41. The van der Waals surface area contributed by atoms with Gasteiger partial charge in [-0.15, -0.1) is 0 Å². The third-order valence-electron chi connectivity index (χ3n) is 3.95. The lowest BCUT2D eigenvalue weighted by Gasteiger charge is -2.14. The largest absolute Gasteiger partial charge is 0.397 e. The van der Waals surface area contributed by atoms with Crippen LogP contribution in [0.4, 0.5) is 5.69 Å².